The number of aromatic nitrogens is 4. The van der Waals surface area contributed by atoms with E-state index in [0.29, 0.717) is 40.1 Å². The molecule has 1 amide bonds. The number of halogens is 1. The molecule has 136 valence electrons. The fourth-order valence-electron chi connectivity index (χ4n) is 2.24. The molecule has 0 atom stereocenters. The van der Waals surface area contributed by atoms with Gasteiger partial charge in [0.25, 0.3) is 5.56 Å². The summed E-state index contributed by atoms with van der Waals surface area (Å²) < 4.78 is 6.41. The molecular formula is C16H16ClN5O3S. The van der Waals surface area contributed by atoms with Gasteiger partial charge in [-0.15, -0.1) is 0 Å². The minimum absolute atomic E-state index is 0.128. The Morgan fingerprint density at radius 3 is 3.08 bits per heavy atom. The summed E-state index contributed by atoms with van der Waals surface area (Å²) in [7, 11) is 1.56. The number of carbonyl (C=O) groups is 1. The van der Waals surface area contributed by atoms with Gasteiger partial charge in [0, 0.05) is 18.7 Å². The lowest BCUT2D eigenvalue weighted by molar-refractivity contribution is -0.118. The summed E-state index contributed by atoms with van der Waals surface area (Å²) in [5.41, 5.74) is 0.780. The van der Waals surface area contributed by atoms with E-state index in [2.05, 4.69) is 20.4 Å². The fraction of sp³-hybridized carbons (Fsp3) is 0.250. The Hall–Kier alpha value is -2.36. The number of amides is 1. The van der Waals surface area contributed by atoms with Crippen LogP contribution in [0.15, 0.2) is 40.4 Å². The van der Waals surface area contributed by atoms with Crippen LogP contribution in [-0.4, -0.2) is 51.7 Å². The van der Waals surface area contributed by atoms with Crippen LogP contribution < -0.4 is 10.9 Å². The van der Waals surface area contributed by atoms with Crippen LogP contribution in [-0.2, 0) is 9.53 Å². The van der Waals surface area contributed by atoms with Crippen molar-refractivity contribution < 1.29 is 9.53 Å². The molecule has 0 aliphatic heterocycles. The first-order chi connectivity index (χ1) is 12.6. The van der Waals surface area contributed by atoms with Crippen molar-refractivity contribution in [3.05, 3.63) is 45.8 Å². The van der Waals surface area contributed by atoms with Crippen molar-refractivity contribution in [2.24, 2.45) is 0 Å². The Morgan fingerprint density at radius 1 is 1.46 bits per heavy atom. The van der Waals surface area contributed by atoms with E-state index in [1.807, 2.05) is 6.07 Å². The van der Waals surface area contributed by atoms with E-state index in [1.165, 1.54) is 6.20 Å². The number of carbonyl (C=O) groups excluding carboxylic acids is 1. The lowest BCUT2D eigenvalue weighted by Crippen LogP contribution is -2.28. The minimum atomic E-state index is -0.314. The van der Waals surface area contributed by atoms with Crippen molar-refractivity contribution in [2.75, 3.05) is 26.0 Å². The summed E-state index contributed by atoms with van der Waals surface area (Å²) in [4.78, 5) is 31.1. The molecule has 0 spiro atoms. The SMILES string of the molecule is COCCNC(=O)CSc1nc2c(cnn2-c2cccc(Cl)c2)c(=O)[nH]1. The van der Waals surface area contributed by atoms with E-state index in [1.54, 1.807) is 30.0 Å². The number of methoxy groups -OCH3 is 1. The largest absolute Gasteiger partial charge is 0.383 e. The molecule has 26 heavy (non-hydrogen) atoms. The van der Waals surface area contributed by atoms with E-state index in [4.69, 9.17) is 16.3 Å². The number of H-pyrrole nitrogens is 1. The van der Waals surface area contributed by atoms with Crippen molar-refractivity contribution in [3.8, 4) is 5.69 Å². The molecule has 2 aromatic heterocycles. The molecule has 0 fully saturated rings. The highest BCUT2D eigenvalue weighted by molar-refractivity contribution is 7.99. The van der Waals surface area contributed by atoms with Gasteiger partial charge in [-0.1, -0.05) is 29.4 Å². The number of fused-ring (bicyclic) bond motifs is 1. The van der Waals surface area contributed by atoms with Crippen LogP contribution in [0.25, 0.3) is 16.7 Å². The van der Waals surface area contributed by atoms with Crippen molar-refractivity contribution >= 4 is 40.3 Å². The molecule has 1 aromatic carbocycles. The molecule has 0 aliphatic rings. The van der Waals surface area contributed by atoms with Crippen LogP contribution in [0.4, 0.5) is 0 Å². The quantitative estimate of drug-likeness (QED) is 0.359. The molecule has 10 heteroatoms. The van der Waals surface area contributed by atoms with E-state index in [-0.39, 0.29) is 17.2 Å². The molecule has 3 rings (SSSR count). The highest BCUT2D eigenvalue weighted by Gasteiger charge is 2.13. The second kappa shape index (κ2) is 8.35. The topological polar surface area (TPSA) is 102 Å². The first-order valence-electron chi connectivity index (χ1n) is 7.71. The van der Waals surface area contributed by atoms with Gasteiger partial charge in [0.2, 0.25) is 5.91 Å². The predicted octanol–water partition coefficient (Wildman–Crippen LogP) is 1.62. The fourth-order valence-corrected chi connectivity index (χ4v) is 3.11. The lowest BCUT2D eigenvalue weighted by atomic mass is 10.3. The Kier molecular flexibility index (Phi) is 5.92. The Morgan fingerprint density at radius 2 is 2.31 bits per heavy atom. The van der Waals surface area contributed by atoms with Gasteiger partial charge in [-0.2, -0.15) is 5.10 Å². The molecule has 0 unspecified atom stereocenters. The molecule has 0 aliphatic carbocycles. The second-order valence-electron chi connectivity index (χ2n) is 5.28. The summed E-state index contributed by atoms with van der Waals surface area (Å²) in [6.07, 6.45) is 1.45. The van der Waals surface area contributed by atoms with Crippen LogP contribution in [0.1, 0.15) is 0 Å². The van der Waals surface area contributed by atoms with Crippen molar-refractivity contribution in [2.45, 2.75) is 5.16 Å². The van der Waals surface area contributed by atoms with Gasteiger partial charge in [0.05, 0.1) is 24.2 Å². The predicted molar refractivity (Wildman–Crippen MR) is 100 cm³/mol. The van der Waals surface area contributed by atoms with Gasteiger partial charge in [-0.3, -0.25) is 9.59 Å². The van der Waals surface area contributed by atoms with Gasteiger partial charge in [-0.25, -0.2) is 9.67 Å². The number of rotatable bonds is 7. The van der Waals surface area contributed by atoms with Crippen LogP contribution in [0.2, 0.25) is 5.02 Å². The number of hydrogen-bond donors (Lipinski definition) is 2. The van der Waals surface area contributed by atoms with Crippen molar-refractivity contribution in [1.82, 2.24) is 25.1 Å². The minimum Gasteiger partial charge on any atom is -0.383 e. The monoisotopic (exact) mass is 393 g/mol. The maximum atomic E-state index is 12.3. The van der Waals surface area contributed by atoms with Crippen LogP contribution in [0, 0.1) is 0 Å². The molecule has 0 saturated carbocycles. The Bertz CT molecular complexity index is 987. The lowest BCUT2D eigenvalue weighted by Gasteiger charge is -2.06. The Balaban J connectivity index is 1.83. The van der Waals surface area contributed by atoms with Gasteiger partial charge in [0.15, 0.2) is 10.8 Å². The van der Waals surface area contributed by atoms with E-state index in [0.717, 1.165) is 11.8 Å². The number of hydrogen-bond acceptors (Lipinski definition) is 6. The maximum Gasteiger partial charge on any atom is 0.262 e. The molecule has 2 heterocycles. The van der Waals surface area contributed by atoms with Crippen LogP contribution in [0.5, 0.6) is 0 Å². The third kappa shape index (κ3) is 4.24. The number of benzene rings is 1. The van der Waals surface area contributed by atoms with E-state index < -0.39 is 0 Å². The number of nitrogens with one attached hydrogen (secondary N) is 2. The van der Waals surface area contributed by atoms with Crippen molar-refractivity contribution in [1.29, 1.82) is 0 Å². The molecule has 8 nitrogen and oxygen atoms in total. The standard InChI is InChI=1S/C16H16ClN5O3S/c1-25-6-5-18-13(23)9-26-16-20-14-12(15(24)21-16)8-19-22(14)11-4-2-3-10(17)7-11/h2-4,7-8H,5-6,9H2,1H3,(H,18,23)(H,20,21,24). The smallest absolute Gasteiger partial charge is 0.262 e. The molecular weight excluding hydrogens is 378 g/mol. The Labute approximate surface area is 157 Å². The average Bonchev–Trinajstić information content (AvgIpc) is 3.05. The van der Waals surface area contributed by atoms with Gasteiger partial charge in [0.1, 0.15) is 5.39 Å². The third-order valence-electron chi connectivity index (χ3n) is 3.44. The van der Waals surface area contributed by atoms with Gasteiger partial charge >= 0.3 is 0 Å². The average molecular weight is 394 g/mol. The zero-order valence-corrected chi connectivity index (χ0v) is 15.4. The number of thioether (sulfide) groups is 1. The third-order valence-corrected chi connectivity index (χ3v) is 4.55. The summed E-state index contributed by atoms with van der Waals surface area (Å²) in [5.74, 6) is -0.0399. The molecule has 0 bridgehead atoms. The highest BCUT2D eigenvalue weighted by atomic mass is 35.5. The number of aromatic amines is 1. The molecule has 0 saturated heterocycles. The van der Waals surface area contributed by atoms with Crippen LogP contribution >= 0.6 is 23.4 Å². The zero-order chi connectivity index (χ0) is 18.5. The second-order valence-corrected chi connectivity index (χ2v) is 6.68. The highest BCUT2D eigenvalue weighted by Crippen LogP contribution is 2.19. The van der Waals surface area contributed by atoms with Gasteiger partial charge in [-0.05, 0) is 18.2 Å². The summed E-state index contributed by atoms with van der Waals surface area (Å²) in [6.45, 7) is 0.872. The summed E-state index contributed by atoms with van der Waals surface area (Å²) in [6, 6.07) is 7.09. The molecule has 3 aromatic rings. The number of ether oxygens (including phenoxy) is 1. The first-order valence-corrected chi connectivity index (χ1v) is 9.07. The van der Waals surface area contributed by atoms with E-state index >= 15 is 0 Å². The summed E-state index contributed by atoms with van der Waals surface area (Å²) in [5, 5.41) is 8.19. The zero-order valence-electron chi connectivity index (χ0n) is 13.9. The first kappa shape index (κ1) is 18.4. The maximum absolute atomic E-state index is 12.3. The molecule has 0 radical (unpaired) electrons. The normalized spacial score (nSPS) is 11.0. The summed E-state index contributed by atoms with van der Waals surface area (Å²) >= 11 is 7.16. The van der Waals surface area contributed by atoms with Crippen LogP contribution in [0.3, 0.4) is 0 Å². The van der Waals surface area contributed by atoms with Gasteiger partial charge < -0.3 is 15.0 Å². The number of nitrogens with zero attached hydrogens (tertiary/aromatic N) is 3. The van der Waals surface area contributed by atoms with E-state index in [9.17, 15) is 9.59 Å². The molecule has 2 N–H and O–H groups in total. The van der Waals surface area contributed by atoms with Crippen molar-refractivity contribution in [3.63, 3.8) is 0 Å².